The van der Waals surface area contributed by atoms with Gasteiger partial charge < -0.3 is 10.2 Å². The van der Waals surface area contributed by atoms with E-state index in [2.05, 4.69) is 5.32 Å². The zero-order valence-electron chi connectivity index (χ0n) is 13.6. The largest absolute Gasteiger partial charge is 0.348 e. The smallest absolute Gasteiger partial charge is 0.241 e. The van der Waals surface area contributed by atoms with Crippen LogP contribution in [0.2, 0.25) is 0 Å². The molecule has 1 heterocycles. The molecule has 2 rings (SSSR count). The third-order valence-corrected chi connectivity index (χ3v) is 6.62. The lowest BCUT2D eigenvalue weighted by atomic mass is 10.1. The van der Waals surface area contributed by atoms with Crippen molar-refractivity contribution in [3.8, 4) is 0 Å². The van der Waals surface area contributed by atoms with Crippen molar-refractivity contribution < 1.29 is 13.2 Å². The molecule has 0 bridgehead atoms. The van der Waals surface area contributed by atoms with Crippen molar-refractivity contribution >= 4 is 28.3 Å². The van der Waals surface area contributed by atoms with Crippen molar-refractivity contribution in [3.05, 3.63) is 0 Å². The maximum absolute atomic E-state index is 12.5. The third kappa shape index (κ3) is 4.81. The first-order valence-electron chi connectivity index (χ1n) is 7.76. The lowest BCUT2D eigenvalue weighted by Gasteiger charge is -2.33. The van der Waals surface area contributed by atoms with Crippen LogP contribution in [-0.2, 0) is 14.8 Å². The van der Waals surface area contributed by atoms with Crippen LogP contribution in [0.3, 0.4) is 0 Å². The van der Waals surface area contributed by atoms with Crippen molar-refractivity contribution in [2.75, 3.05) is 33.7 Å². The van der Waals surface area contributed by atoms with Crippen LogP contribution >= 0.6 is 12.4 Å². The van der Waals surface area contributed by atoms with E-state index in [9.17, 15) is 13.2 Å². The van der Waals surface area contributed by atoms with E-state index in [1.54, 1.807) is 14.1 Å². The number of halogens is 1. The summed E-state index contributed by atoms with van der Waals surface area (Å²) in [6, 6.07) is 0.414. The summed E-state index contributed by atoms with van der Waals surface area (Å²) in [4.78, 5) is 13.2. The maximum atomic E-state index is 12.5. The Morgan fingerprint density at radius 1 is 1.23 bits per heavy atom. The highest BCUT2D eigenvalue weighted by Crippen LogP contribution is 2.28. The number of amides is 1. The van der Waals surface area contributed by atoms with Crippen LogP contribution in [0, 0.1) is 5.92 Å². The van der Waals surface area contributed by atoms with Crippen molar-refractivity contribution in [1.29, 1.82) is 0 Å². The summed E-state index contributed by atoms with van der Waals surface area (Å²) in [5.41, 5.74) is 0. The van der Waals surface area contributed by atoms with Crippen LogP contribution in [0.15, 0.2) is 0 Å². The van der Waals surface area contributed by atoms with E-state index < -0.39 is 15.3 Å². The van der Waals surface area contributed by atoms with E-state index in [4.69, 9.17) is 0 Å². The first-order chi connectivity index (χ1) is 9.82. The summed E-state index contributed by atoms with van der Waals surface area (Å²) in [5.74, 6) is 0.480. The van der Waals surface area contributed by atoms with E-state index in [0.717, 1.165) is 25.3 Å². The molecule has 0 spiro atoms. The molecule has 6 nitrogen and oxygen atoms in total. The van der Waals surface area contributed by atoms with Gasteiger partial charge in [0, 0.05) is 33.2 Å². The number of rotatable bonds is 6. The van der Waals surface area contributed by atoms with Crippen LogP contribution in [-0.4, -0.2) is 68.6 Å². The summed E-state index contributed by atoms with van der Waals surface area (Å²) in [5, 5.41) is 2.53. The molecule has 0 aromatic heterocycles. The van der Waals surface area contributed by atoms with Crippen molar-refractivity contribution in [1.82, 2.24) is 14.5 Å². The Labute approximate surface area is 140 Å². The fourth-order valence-electron chi connectivity index (χ4n) is 2.68. The van der Waals surface area contributed by atoms with E-state index in [-0.39, 0.29) is 18.3 Å². The second-order valence-corrected chi connectivity index (χ2v) is 8.70. The highest BCUT2D eigenvalue weighted by molar-refractivity contribution is 7.90. The van der Waals surface area contributed by atoms with Gasteiger partial charge in [-0.3, -0.25) is 4.79 Å². The minimum absolute atomic E-state index is 0. The monoisotopic (exact) mass is 353 g/mol. The highest BCUT2D eigenvalue weighted by atomic mass is 35.5. The van der Waals surface area contributed by atoms with Crippen LogP contribution in [0.25, 0.3) is 0 Å². The molecular formula is C14H28ClN3O3S. The molecule has 1 saturated carbocycles. The van der Waals surface area contributed by atoms with Gasteiger partial charge in [0.1, 0.15) is 0 Å². The van der Waals surface area contributed by atoms with Gasteiger partial charge in [-0.2, -0.15) is 0 Å². The van der Waals surface area contributed by atoms with E-state index in [0.29, 0.717) is 19.1 Å². The molecule has 1 aliphatic heterocycles. The number of carbonyl (C=O) groups excluding carboxylic acids is 1. The van der Waals surface area contributed by atoms with E-state index in [1.165, 1.54) is 29.0 Å². The summed E-state index contributed by atoms with van der Waals surface area (Å²) < 4.78 is 26.4. The molecule has 0 radical (unpaired) electrons. The van der Waals surface area contributed by atoms with Gasteiger partial charge in [-0.05, 0) is 45.1 Å². The summed E-state index contributed by atoms with van der Waals surface area (Å²) in [6.45, 7) is 3.56. The van der Waals surface area contributed by atoms with E-state index >= 15 is 0 Å². The van der Waals surface area contributed by atoms with Gasteiger partial charge in [-0.1, -0.05) is 0 Å². The molecule has 2 aliphatic rings. The van der Waals surface area contributed by atoms with Crippen LogP contribution in [0.5, 0.6) is 0 Å². The molecule has 1 unspecified atom stereocenters. The molecule has 1 atom stereocenters. The zero-order chi connectivity index (χ0) is 15.6. The number of hydrogen-bond donors (Lipinski definition) is 1. The van der Waals surface area contributed by atoms with Gasteiger partial charge in [0.05, 0.1) is 0 Å². The molecule has 1 N–H and O–H groups in total. The average Bonchev–Trinajstić information content (AvgIpc) is 3.28. The van der Waals surface area contributed by atoms with Gasteiger partial charge >= 0.3 is 0 Å². The van der Waals surface area contributed by atoms with Crippen LogP contribution in [0.1, 0.15) is 32.6 Å². The fourth-order valence-corrected chi connectivity index (χ4v) is 4.32. The number of nitrogens with one attached hydrogen (secondary N) is 1. The van der Waals surface area contributed by atoms with Gasteiger partial charge in [0.15, 0.2) is 5.25 Å². The Hall–Kier alpha value is -0.370. The number of sulfonamides is 1. The molecule has 130 valence electrons. The summed E-state index contributed by atoms with van der Waals surface area (Å²) in [7, 11) is -0.363. The van der Waals surface area contributed by atoms with Crippen molar-refractivity contribution in [3.63, 3.8) is 0 Å². The Bertz CT molecular complexity index is 472. The lowest BCUT2D eigenvalue weighted by molar-refractivity contribution is -0.128. The Balaban J connectivity index is 0.00000242. The standard InChI is InChI=1S/C14H27N3O3S.ClH/c1-11(14(18)16(2)3)21(19,20)17-8-6-13(7-9-17)15-10-12-4-5-12;/h11-13,15H,4-10H2,1-3H3;1H. The second-order valence-electron chi connectivity index (χ2n) is 6.44. The number of piperidine rings is 1. The summed E-state index contributed by atoms with van der Waals surface area (Å²) >= 11 is 0. The molecule has 8 heteroatoms. The van der Waals surface area contributed by atoms with Crippen LogP contribution < -0.4 is 5.32 Å². The molecule has 22 heavy (non-hydrogen) atoms. The maximum Gasteiger partial charge on any atom is 0.241 e. The van der Waals surface area contributed by atoms with Crippen molar-refractivity contribution in [2.45, 2.75) is 43.9 Å². The molecule has 1 saturated heterocycles. The Kier molecular flexibility index (Phi) is 7.11. The molecule has 1 aliphatic carbocycles. The molecule has 0 aromatic carbocycles. The predicted molar refractivity (Wildman–Crippen MR) is 89.6 cm³/mol. The average molecular weight is 354 g/mol. The zero-order valence-corrected chi connectivity index (χ0v) is 15.3. The SMILES string of the molecule is CC(C(=O)N(C)C)S(=O)(=O)N1CCC(NCC2CC2)CC1.Cl. The second kappa shape index (κ2) is 7.95. The lowest BCUT2D eigenvalue weighted by Crippen LogP contribution is -2.50. The van der Waals surface area contributed by atoms with Gasteiger partial charge in [-0.15, -0.1) is 12.4 Å². The quantitative estimate of drug-likeness (QED) is 0.762. The number of carbonyl (C=O) groups is 1. The van der Waals surface area contributed by atoms with Crippen molar-refractivity contribution in [2.24, 2.45) is 5.92 Å². The molecule has 0 aromatic rings. The van der Waals surface area contributed by atoms with Gasteiger partial charge in [0.2, 0.25) is 15.9 Å². The Morgan fingerprint density at radius 3 is 2.23 bits per heavy atom. The van der Waals surface area contributed by atoms with Gasteiger partial charge in [0.25, 0.3) is 0 Å². The minimum Gasteiger partial charge on any atom is -0.348 e. The highest BCUT2D eigenvalue weighted by Gasteiger charge is 2.36. The third-order valence-electron chi connectivity index (χ3n) is 4.44. The van der Waals surface area contributed by atoms with Gasteiger partial charge in [-0.25, -0.2) is 12.7 Å². The van der Waals surface area contributed by atoms with Crippen LogP contribution in [0.4, 0.5) is 0 Å². The number of nitrogens with zero attached hydrogens (tertiary/aromatic N) is 2. The molecule has 2 fully saturated rings. The minimum atomic E-state index is -3.53. The first-order valence-corrected chi connectivity index (χ1v) is 9.26. The normalized spacial score (nSPS) is 22.0. The van der Waals surface area contributed by atoms with E-state index in [1.807, 2.05) is 0 Å². The summed E-state index contributed by atoms with van der Waals surface area (Å²) in [6.07, 6.45) is 4.30. The number of hydrogen-bond acceptors (Lipinski definition) is 4. The first kappa shape index (κ1) is 19.7. The molecule has 1 amide bonds. The topological polar surface area (TPSA) is 69.7 Å². The predicted octanol–water partition coefficient (Wildman–Crippen LogP) is 0.679. The Morgan fingerprint density at radius 2 is 1.77 bits per heavy atom. The fraction of sp³-hybridized carbons (Fsp3) is 0.929. The molecular weight excluding hydrogens is 326 g/mol.